The maximum absolute atomic E-state index is 10.7. The van der Waals surface area contributed by atoms with E-state index >= 15 is 0 Å². The van der Waals surface area contributed by atoms with E-state index in [9.17, 15) is 25.1 Å². The van der Waals surface area contributed by atoms with Crippen molar-refractivity contribution in [2.75, 3.05) is 0 Å². The minimum absolute atomic E-state index is 0.141. The van der Waals surface area contributed by atoms with Gasteiger partial charge in [-0.3, -0.25) is 10.1 Å². The van der Waals surface area contributed by atoms with Crippen molar-refractivity contribution >= 4 is 23.6 Å². The van der Waals surface area contributed by atoms with E-state index in [0.717, 1.165) is 24.0 Å². The van der Waals surface area contributed by atoms with Crippen molar-refractivity contribution in [2.24, 2.45) is 0 Å². The van der Waals surface area contributed by atoms with Crippen LogP contribution < -0.4 is 15.1 Å². The van der Waals surface area contributed by atoms with Crippen LogP contribution in [0.3, 0.4) is 0 Å². The largest absolute Gasteiger partial charge is 0.548 e. The summed E-state index contributed by atoms with van der Waals surface area (Å²) in [5.41, 5.74) is -0.141. The SMILES string of the molecule is C1CCC([NH2+]C2CCCCC2)CC1.CC(O)[C@@H](NSc1ccccc1[N+](=O)[O-])C(=O)[O-]. The summed E-state index contributed by atoms with van der Waals surface area (Å²) >= 11 is 0.768. The van der Waals surface area contributed by atoms with Gasteiger partial charge in [0, 0.05) is 6.07 Å². The number of aliphatic hydroxyl groups excluding tert-OH is 1. The smallest absolute Gasteiger partial charge is 0.284 e. The van der Waals surface area contributed by atoms with Gasteiger partial charge in [-0.2, -0.15) is 0 Å². The second-order valence-corrected chi connectivity index (χ2v) is 9.35. The molecule has 0 amide bonds. The standard InChI is InChI=1S/C12H23N.C10H12N2O5S/c1-3-7-11(8-4-1)13-12-9-5-2-6-10-12;1-6(13)9(10(14)15)11-18-8-5-3-2-4-7(8)12(16)17/h11-13H,1-10H2;2-6,9,11,13H,1H3,(H,14,15)/t;6?,9-/m.1/s1. The van der Waals surface area contributed by atoms with Gasteiger partial charge in [0.2, 0.25) is 0 Å². The Kier molecular flexibility index (Phi) is 11.3. The fourth-order valence-corrected chi connectivity index (χ4v) is 5.14. The number of carbonyl (C=O) groups excluding carboxylic acids is 1. The number of nitrogens with zero attached hydrogens (tertiary/aromatic N) is 1. The molecule has 8 nitrogen and oxygen atoms in total. The lowest BCUT2D eigenvalue weighted by molar-refractivity contribution is -0.725. The van der Waals surface area contributed by atoms with Gasteiger partial charge in [0.05, 0.1) is 35.1 Å². The molecule has 2 atom stereocenters. The number of aliphatic hydroxyl groups is 1. The van der Waals surface area contributed by atoms with Crippen molar-refractivity contribution in [3.8, 4) is 0 Å². The van der Waals surface area contributed by atoms with Crippen molar-refractivity contribution in [1.29, 1.82) is 0 Å². The number of rotatable bonds is 8. The van der Waals surface area contributed by atoms with E-state index < -0.39 is 23.0 Å². The second kappa shape index (κ2) is 13.7. The van der Waals surface area contributed by atoms with Crippen LogP contribution in [0.5, 0.6) is 0 Å². The van der Waals surface area contributed by atoms with Crippen molar-refractivity contribution in [2.45, 2.75) is 100 Å². The van der Waals surface area contributed by atoms with Gasteiger partial charge in [-0.05, 0) is 76.3 Å². The zero-order valence-corrected chi connectivity index (χ0v) is 19.0. The van der Waals surface area contributed by atoms with Gasteiger partial charge in [0.25, 0.3) is 5.69 Å². The Hall–Kier alpha value is -1.68. The molecule has 1 unspecified atom stereocenters. The van der Waals surface area contributed by atoms with Gasteiger partial charge in [-0.25, -0.2) is 4.72 Å². The van der Waals surface area contributed by atoms with Crippen LogP contribution in [0, 0.1) is 10.1 Å². The molecule has 0 saturated heterocycles. The fourth-order valence-electron chi connectivity index (χ4n) is 4.20. The maximum atomic E-state index is 10.7. The number of hydrogen-bond acceptors (Lipinski definition) is 7. The number of nitro groups is 1. The van der Waals surface area contributed by atoms with E-state index in [1.165, 1.54) is 89.3 Å². The normalized spacial score (nSPS) is 19.7. The molecule has 0 heterocycles. The van der Waals surface area contributed by atoms with E-state index in [-0.39, 0.29) is 10.6 Å². The van der Waals surface area contributed by atoms with Gasteiger partial charge in [0.15, 0.2) is 0 Å². The summed E-state index contributed by atoms with van der Waals surface area (Å²) in [5, 5.41) is 33.3. The first-order valence-corrected chi connectivity index (χ1v) is 12.1. The van der Waals surface area contributed by atoms with Gasteiger partial charge >= 0.3 is 0 Å². The fraction of sp³-hybridized carbons (Fsp3) is 0.682. The lowest BCUT2D eigenvalue weighted by atomic mass is 9.91. The van der Waals surface area contributed by atoms with Crippen LogP contribution >= 0.6 is 11.9 Å². The van der Waals surface area contributed by atoms with E-state index in [1.54, 1.807) is 6.07 Å². The highest BCUT2D eigenvalue weighted by molar-refractivity contribution is 7.97. The van der Waals surface area contributed by atoms with Crippen LogP contribution in [-0.4, -0.2) is 40.2 Å². The van der Waals surface area contributed by atoms with E-state index in [0.29, 0.717) is 0 Å². The van der Waals surface area contributed by atoms with Crippen LogP contribution in [0.1, 0.15) is 71.1 Å². The summed E-state index contributed by atoms with van der Waals surface area (Å²) < 4.78 is 2.43. The molecule has 9 heteroatoms. The third-order valence-electron chi connectivity index (χ3n) is 5.94. The van der Waals surface area contributed by atoms with Crippen molar-refractivity contribution in [3.63, 3.8) is 0 Å². The second-order valence-electron chi connectivity index (χ2n) is 8.47. The topological polar surface area (TPSA) is 132 Å². The Labute approximate surface area is 188 Å². The Bertz CT molecular complexity index is 675. The van der Waals surface area contributed by atoms with Crippen molar-refractivity contribution in [1.82, 2.24) is 4.72 Å². The summed E-state index contributed by atoms with van der Waals surface area (Å²) in [5.74, 6) is -1.48. The van der Waals surface area contributed by atoms with Gasteiger partial charge in [-0.15, -0.1) is 0 Å². The molecule has 0 radical (unpaired) electrons. The minimum Gasteiger partial charge on any atom is -0.548 e. The van der Waals surface area contributed by atoms with Crippen LogP contribution in [0.25, 0.3) is 0 Å². The molecule has 2 aliphatic carbocycles. The van der Waals surface area contributed by atoms with Gasteiger partial charge < -0.3 is 20.3 Å². The predicted octanol–water partition coefficient (Wildman–Crippen LogP) is 1.91. The lowest BCUT2D eigenvalue weighted by Crippen LogP contribution is -2.95. The van der Waals surface area contributed by atoms with Crippen molar-refractivity contribution in [3.05, 3.63) is 34.4 Å². The van der Waals surface area contributed by atoms with Crippen LogP contribution in [-0.2, 0) is 4.79 Å². The van der Waals surface area contributed by atoms with E-state index in [4.69, 9.17) is 0 Å². The number of quaternary nitrogens is 1. The van der Waals surface area contributed by atoms with Gasteiger partial charge in [0.1, 0.15) is 4.90 Å². The number of carbonyl (C=O) groups is 1. The van der Waals surface area contributed by atoms with Crippen LogP contribution in [0.15, 0.2) is 29.2 Å². The van der Waals surface area contributed by atoms with Crippen molar-refractivity contribution < 1.29 is 25.2 Å². The molecule has 0 aromatic heterocycles. The Morgan fingerprint density at radius 3 is 2.06 bits per heavy atom. The first-order chi connectivity index (χ1) is 14.9. The number of carboxylic acid groups (broad SMARTS) is 1. The maximum Gasteiger partial charge on any atom is 0.284 e. The molecule has 3 rings (SSSR count). The molecule has 2 saturated carbocycles. The number of para-hydroxylation sites is 1. The number of aliphatic carboxylic acids is 1. The molecule has 1 aromatic rings. The molecular weight excluding hydrogens is 418 g/mol. The van der Waals surface area contributed by atoms with Crippen LogP contribution in [0.4, 0.5) is 5.69 Å². The summed E-state index contributed by atoms with van der Waals surface area (Å²) in [4.78, 5) is 21.1. The average molecular weight is 454 g/mol. The number of nitro benzene ring substituents is 1. The molecule has 174 valence electrons. The number of hydrogen-bond donors (Lipinski definition) is 3. The quantitative estimate of drug-likeness (QED) is 0.311. The summed E-state index contributed by atoms with van der Waals surface area (Å²) in [6, 6.07) is 6.56. The van der Waals surface area contributed by atoms with Gasteiger partial charge in [-0.1, -0.05) is 25.0 Å². The summed E-state index contributed by atoms with van der Waals surface area (Å²) in [7, 11) is 0. The third-order valence-corrected chi connectivity index (χ3v) is 6.88. The number of nitrogens with two attached hydrogens (primary N) is 1. The molecular formula is C22H35N3O5S. The predicted molar refractivity (Wildman–Crippen MR) is 118 cm³/mol. The van der Waals surface area contributed by atoms with E-state index in [1.807, 2.05) is 0 Å². The highest BCUT2D eigenvalue weighted by atomic mass is 32.2. The number of nitrogens with one attached hydrogen (secondary N) is 1. The number of benzene rings is 1. The highest BCUT2D eigenvalue weighted by Gasteiger charge is 2.23. The molecule has 2 fully saturated rings. The molecule has 0 bridgehead atoms. The van der Waals surface area contributed by atoms with E-state index in [2.05, 4.69) is 10.0 Å². The summed E-state index contributed by atoms with van der Waals surface area (Å²) in [6.07, 6.45) is 13.8. The molecule has 31 heavy (non-hydrogen) atoms. The molecule has 4 N–H and O–H groups in total. The molecule has 1 aromatic carbocycles. The Morgan fingerprint density at radius 1 is 1.10 bits per heavy atom. The zero-order valence-electron chi connectivity index (χ0n) is 18.2. The molecule has 0 aliphatic heterocycles. The molecule has 0 spiro atoms. The molecule has 2 aliphatic rings. The zero-order chi connectivity index (χ0) is 22.6. The summed E-state index contributed by atoms with van der Waals surface area (Å²) in [6.45, 7) is 1.29. The monoisotopic (exact) mass is 453 g/mol. The first kappa shape index (κ1) is 25.6. The first-order valence-electron chi connectivity index (χ1n) is 11.3. The number of carboxylic acids is 1. The highest BCUT2D eigenvalue weighted by Crippen LogP contribution is 2.27. The average Bonchev–Trinajstić information content (AvgIpc) is 2.75. The Morgan fingerprint density at radius 2 is 1.61 bits per heavy atom. The lowest BCUT2D eigenvalue weighted by Gasteiger charge is -2.27. The van der Waals surface area contributed by atoms with Crippen LogP contribution in [0.2, 0.25) is 0 Å². The third kappa shape index (κ3) is 9.14. The minimum atomic E-state index is -1.48. The Balaban J connectivity index is 0.000000231.